The summed E-state index contributed by atoms with van der Waals surface area (Å²) in [6.45, 7) is 0. The van der Waals surface area contributed by atoms with Gasteiger partial charge in [-0.05, 0) is 29.3 Å². The monoisotopic (exact) mass is 273 g/mol. The Bertz CT molecular complexity index is 503. The van der Waals surface area contributed by atoms with E-state index in [4.69, 9.17) is 5.73 Å². The third-order valence-corrected chi connectivity index (χ3v) is 2.77. The van der Waals surface area contributed by atoms with Crippen LogP contribution < -0.4 is 5.73 Å². The minimum Gasteiger partial charge on any atom is -0.398 e. The van der Waals surface area contributed by atoms with E-state index >= 15 is 0 Å². The molecule has 16 heavy (non-hydrogen) atoms. The van der Waals surface area contributed by atoms with Gasteiger partial charge in [-0.25, -0.2) is 0 Å². The molecule has 0 aliphatic heterocycles. The molecule has 80 valence electrons. The van der Waals surface area contributed by atoms with E-state index in [0.29, 0.717) is 0 Å². The third-order valence-electron chi connectivity index (χ3n) is 2.28. The van der Waals surface area contributed by atoms with Crippen LogP contribution in [0.3, 0.4) is 0 Å². The maximum absolute atomic E-state index is 6.02. The van der Waals surface area contributed by atoms with Crippen molar-refractivity contribution in [3.8, 4) is 0 Å². The summed E-state index contributed by atoms with van der Waals surface area (Å²) in [7, 11) is 0. The predicted octanol–water partition coefficient (Wildman–Crippen LogP) is 3.91. The van der Waals surface area contributed by atoms with Crippen LogP contribution in [0, 0.1) is 0 Å². The summed E-state index contributed by atoms with van der Waals surface area (Å²) in [5.74, 6) is 0. The normalized spacial score (nSPS) is 11.4. The first-order chi connectivity index (χ1) is 7.75. The molecular weight excluding hydrogens is 262 g/mol. The summed E-state index contributed by atoms with van der Waals surface area (Å²) in [4.78, 5) is 0. The maximum atomic E-state index is 6.02. The number of hydrogen-bond donors (Lipinski definition) is 1. The van der Waals surface area contributed by atoms with Gasteiger partial charge in [0.15, 0.2) is 0 Å². The van der Waals surface area contributed by atoms with Crippen LogP contribution in [0.5, 0.6) is 0 Å². The highest BCUT2D eigenvalue weighted by Gasteiger charge is 1.96. The van der Waals surface area contributed by atoms with E-state index in [2.05, 4.69) is 15.9 Å². The lowest BCUT2D eigenvalue weighted by Gasteiger charge is -2.01. The molecule has 2 rings (SSSR count). The van der Waals surface area contributed by atoms with Crippen molar-refractivity contribution in [1.29, 1.82) is 0 Å². The molecule has 0 saturated carbocycles. The van der Waals surface area contributed by atoms with E-state index in [9.17, 15) is 0 Å². The van der Waals surface area contributed by atoms with Crippen LogP contribution in [-0.2, 0) is 0 Å². The van der Waals surface area contributed by atoms with E-state index in [0.717, 1.165) is 21.3 Å². The molecule has 0 radical (unpaired) electrons. The first-order valence-corrected chi connectivity index (χ1v) is 5.83. The van der Waals surface area contributed by atoms with E-state index in [-0.39, 0.29) is 0 Å². The molecule has 0 heterocycles. The van der Waals surface area contributed by atoms with E-state index in [1.165, 1.54) is 0 Å². The second-order valence-corrected chi connectivity index (χ2v) is 4.44. The van der Waals surface area contributed by atoms with E-state index in [1.807, 2.05) is 60.7 Å². The summed E-state index contributed by atoms with van der Waals surface area (Å²) < 4.78 is 1.06. The second kappa shape index (κ2) is 4.99. The zero-order valence-corrected chi connectivity index (χ0v) is 10.3. The fourth-order valence-corrected chi connectivity index (χ4v) is 1.91. The van der Waals surface area contributed by atoms with Gasteiger partial charge in [-0.2, -0.15) is 0 Å². The first kappa shape index (κ1) is 11.0. The summed E-state index contributed by atoms with van der Waals surface area (Å²) in [6.07, 6.45) is 1.97. The summed E-state index contributed by atoms with van der Waals surface area (Å²) in [6, 6.07) is 18.0. The van der Waals surface area contributed by atoms with Gasteiger partial charge in [0, 0.05) is 10.2 Å². The SMILES string of the molecule is N/C(=C\c1cccc(Br)c1)c1ccccc1. The molecule has 1 nitrogen and oxygen atoms in total. The Morgan fingerprint density at radius 1 is 1.00 bits per heavy atom. The van der Waals surface area contributed by atoms with Crippen molar-refractivity contribution in [3.05, 3.63) is 70.2 Å². The average Bonchev–Trinajstić information content (AvgIpc) is 2.30. The summed E-state index contributed by atoms with van der Waals surface area (Å²) in [5, 5.41) is 0. The van der Waals surface area contributed by atoms with Gasteiger partial charge < -0.3 is 5.73 Å². The van der Waals surface area contributed by atoms with Gasteiger partial charge in [0.25, 0.3) is 0 Å². The van der Waals surface area contributed by atoms with Crippen molar-refractivity contribution < 1.29 is 0 Å². The number of hydrogen-bond acceptors (Lipinski definition) is 1. The molecule has 0 atom stereocenters. The van der Waals surface area contributed by atoms with Crippen LogP contribution in [0.25, 0.3) is 11.8 Å². The molecule has 0 saturated heterocycles. The van der Waals surface area contributed by atoms with Crippen molar-refractivity contribution >= 4 is 27.7 Å². The van der Waals surface area contributed by atoms with Gasteiger partial charge in [0.05, 0.1) is 0 Å². The fourth-order valence-electron chi connectivity index (χ4n) is 1.49. The highest BCUT2D eigenvalue weighted by Crippen LogP contribution is 2.16. The van der Waals surface area contributed by atoms with Crippen LogP contribution in [0.4, 0.5) is 0 Å². The Labute approximate surface area is 104 Å². The van der Waals surface area contributed by atoms with Crippen LogP contribution in [0.2, 0.25) is 0 Å². The largest absolute Gasteiger partial charge is 0.398 e. The standard InChI is InChI=1S/C14H12BrN/c15-13-8-4-5-11(9-13)10-14(16)12-6-2-1-3-7-12/h1-10H,16H2/b14-10-. The molecule has 0 fully saturated rings. The molecule has 2 aromatic rings. The molecule has 0 spiro atoms. The highest BCUT2D eigenvalue weighted by molar-refractivity contribution is 9.10. The number of benzene rings is 2. The Morgan fingerprint density at radius 3 is 2.44 bits per heavy atom. The molecule has 0 unspecified atom stereocenters. The first-order valence-electron chi connectivity index (χ1n) is 5.04. The summed E-state index contributed by atoms with van der Waals surface area (Å²) in [5.41, 5.74) is 8.94. The molecule has 0 aliphatic rings. The van der Waals surface area contributed by atoms with Crippen molar-refractivity contribution in [3.63, 3.8) is 0 Å². The predicted molar refractivity (Wildman–Crippen MR) is 72.6 cm³/mol. The van der Waals surface area contributed by atoms with Crippen molar-refractivity contribution in [2.45, 2.75) is 0 Å². The molecular formula is C14H12BrN. The second-order valence-electron chi connectivity index (χ2n) is 3.52. The average molecular weight is 274 g/mol. The molecule has 0 amide bonds. The zero-order chi connectivity index (χ0) is 11.4. The number of nitrogens with two attached hydrogens (primary N) is 1. The van der Waals surface area contributed by atoms with E-state index < -0.39 is 0 Å². The maximum Gasteiger partial charge on any atom is 0.0393 e. The van der Waals surface area contributed by atoms with Crippen molar-refractivity contribution in [2.24, 2.45) is 5.73 Å². The lowest BCUT2D eigenvalue weighted by molar-refractivity contribution is 1.52. The van der Waals surface area contributed by atoms with Crippen LogP contribution in [-0.4, -0.2) is 0 Å². The minimum atomic E-state index is 0.777. The lowest BCUT2D eigenvalue weighted by Crippen LogP contribution is -1.95. The Kier molecular flexibility index (Phi) is 3.42. The van der Waals surface area contributed by atoms with Crippen molar-refractivity contribution in [2.75, 3.05) is 0 Å². The van der Waals surface area contributed by atoms with Gasteiger partial charge in [-0.1, -0.05) is 58.4 Å². The minimum absolute atomic E-state index is 0.777. The lowest BCUT2D eigenvalue weighted by atomic mass is 10.1. The van der Waals surface area contributed by atoms with Crippen LogP contribution >= 0.6 is 15.9 Å². The van der Waals surface area contributed by atoms with E-state index in [1.54, 1.807) is 0 Å². The molecule has 0 bridgehead atoms. The van der Waals surface area contributed by atoms with Crippen molar-refractivity contribution in [1.82, 2.24) is 0 Å². The number of rotatable bonds is 2. The van der Waals surface area contributed by atoms with Gasteiger partial charge in [0.2, 0.25) is 0 Å². The van der Waals surface area contributed by atoms with Gasteiger partial charge >= 0.3 is 0 Å². The molecule has 0 aromatic heterocycles. The summed E-state index contributed by atoms with van der Waals surface area (Å²) >= 11 is 3.44. The van der Waals surface area contributed by atoms with Crippen LogP contribution in [0.1, 0.15) is 11.1 Å². The van der Waals surface area contributed by atoms with Gasteiger partial charge in [-0.15, -0.1) is 0 Å². The zero-order valence-electron chi connectivity index (χ0n) is 8.73. The molecule has 2 heteroatoms. The molecule has 0 aliphatic carbocycles. The smallest absolute Gasteiger partial charge is 0.0393 e. The fraction of sp³-hybridized carbons (Fsp3) is 0. The third kappa shape index (κ3) is 2.74. The van der Waals surface area contributed by atoms with Crippen LogP contribution in [0.15, 0.2) is 59.1 Å². The topological polar surface area (TPSA) is 26.0 Å². The van der Waals surface area contributed by atoms with Gasteiger partial charge in [-0.3, -0.25) is 0 Å². The quantitative estimate of drug-likeness (QED) is 0.826. The Morgan fingerprint density at radius 2 is 1.75 bits per heavy atom. The Hall–Kier alpha value is -1.54. The molecule has 2 N–H and O–H groups in total. The number of halogens is 1. The molecule has 2 aromatic carbocycles. The Balaban J connectivity index is 2.32. The van der Waals surface area contributed by atoms with Gasteiger partial charge in [0.1, 0.15) is 0 Å². The highest BCUT2D eigenvalue weighted by atomic mass is 79.9.